The van der Waals surface area contributed by atoms with Crippen LogP contribution in [-0.2, 0) is 9.53 Å². The molecule has 5 rings (SSSR count). The van der Waals surface area contributed by atoms with Crippen LogP contribution in [0.2, 0.25) is 5.02 Å². The van der Waals surface area contributed by atoms with E-state index in [1.165, 1.54) is 13.3 Å². The zero-order valence-electron chi connectivity index (χ0n) is 22.1. The van der Waals surface area contributed by atoms with Crippen molar-refractivity contribution in [1.29, 1.82) is 0 Å². The molecule has 40 heavy (non-hydrogen) atoms. The molecular weight excluding hydrogens is 534 g/mol. The normalized spacial score (nSPS) is 19.5. The number of aliphatic hydroxyl groups is 1. The highest BCUT2D eigenvalue weighted by Crippen LogP contribution is 2.33. The molecule has 0 radical (unpaired) electrons. The van der Waals surface area contributed by atoms with Gasteiger partial charge in [-0.3, -0.25) is 9.59 Å². The molecule has 11 heteroatoms. The topological polar surface area (TPSA) is 152 Å². The fraction of sp³-hybridized carbons (Fsp3) is 0.310. The number of anilines is 1. The van der Waals surface area contributed by atoms with Crippen molar-refractivity contribution in [3.63, 3.8) is 0 Å². The smallest absolute Gasteiger partial charge is 0.249 e. The average Bonchev–Trinajstić information content (AvgIpc) is 3.39. The molecule has 3 heterocycles. The predicted octanol–water partition coefficient (Wildman–Crippen LogP) is 4.47. The lowest BCUT2D eigenvalue weighted by atomic mass is 9.82. The Morgan fingerprint density at radius 1 is 1.18 bits per heavy atom. The Kier molecular flexibility index (Phi) is 7.75. The Balaban J connectivity index is 1.33. The third-order valence-electron chi connectivity index (χ3n) is 7.47. The van der Waals surface area contributed by atoms with E-state index in [0.29, 0.717) is 58.9 Å². The minimum atomic E-state index is -1.67. The first-order valence-corrected chi connectivity index (χ1v) is 13.3. The standard InChI is InChI=1S/C29H30ClN5O5/c1-16(29(2,38)28(31)37)23-11-8-17(14-39-23)35-27-24-21(13-32-26(24)33-15-34-27)25(36)20-10-9-19(12-22(20)30)40-18-6-4-3-5-7-18/h3-7,9-10,12-13,15-17,23,38H,8,11,14H2,1-2H3,(H2,31,37)(H2,32,33,34,35)/t16-,17+,23-,29?/m0/s1. The molecule has 4 atom stereocenters. The number of primary amides is 1. The lowest BCUT2D eigenvalue weighted by molar-refractivity contribution is -0.149. The number of ether oxygens (including phenoxy) is 2. The van der Waals surface area contributed by atoms with Crippen molar-refractivity contribution in [3.8, 4) is 11.5 Å². The van der Waals surface area contributed by atoms with Gasteiger partial charge in [-0.2, -0.15) is 0 Å². The van der Waals surface area contributed by atoms with E-state index in [-0.39, 0.29) is 23.0 Å². The number of nitrogens with one attached hydrogen (secondary N) is 2. The van der Waals surface area contributed by atoms with E-state index < -0.39 is 17.4 Å². The second-order valence-electron chi connectivity index (χ2n) is 10.1. The SMILES string of the molecule is C[C@@H]([C@@H]1CC[C@@H](Nc2ncnc3[nH]cc(C(=O)c4ccc(Oc5ccccc5)cc4Cl)c23)CO1)C(C)(O)C(N)=O. The maximum absolute atomic E-state index is 13.6. The van der Waals surface area contributed by atoms with Crippen LogP contribution in [0.1, 0.15) is 42.6 Å². The Bertz CT molecular complexity index is 1530. The van der Waals surface area contributed by atoms with Gasteiger partial charge in [-0.15, -0.1) is 0 Å². The summed E-state index contributed by atoms with van der Waals surface area (Å²) in [5.74, 6) is 0.115. The summed E-state index contributed by atoms with van der Waals surface area (Å²) in [6.45, 7) is 3.48. The molecule has 1 aliphatic heterocycles. The number of halogens is 1. The Labute approximate surface area is 235 Å². The van der Waals surface area contributed by atoms with Crippen molar-refractivity contribution >= 4 is 40.1 Å². The van der Waals surface area contributed by atoms with Gasteiger partial charge in [-0.25, -0.2) is 9.97 Å². The summed E-state index contributed by atoms with van der Waals surface area (Å²) in [6.07, 6.45) is 3.97. The molecule has 0 saturated carbocycles. The first-order chi connectivity index (χ1) is 19.1. The van der Waals surface area contributed by atoms with Gasteiger partial charge in [0, 0.05) is 23.7 Å². The van der Waals surface area contributed by atoms with Gasteiger partial charge in [0.25, 0.3) is 0 Å². The highest BCUT2D eigenvalue weighted by atomic mass is 35.5. The van der Waals surface area contributed by atoms with Crippen molar-refractivity contribution in [3.05, 3.63) is 77.2 Å². The maximum Gasteiger partial charge on any atom is 0.249 e. The van der Waals surface area contributed by atoms with Gasteiger partial charge >= 0.3 is 0 Å². The first kappa shape index (κ1) is 27.6. The second-order valence-corrected chi connectivity index (χ2v) is 10.5. The minimum absolute atomic E-state index is 0.115. The first-order valence-electron chi connectivity index (χ1n) is 12.9. The Morgan fingerprint density at radius 2 is 1.95 bits per heavy atom. The third kappa shape index (κ3) is 5.51. The molecular formula is C29H30ClN5O5. The number of para-hydroxylation sites is 1. The highest BCUT2D eigenvalue weighted by Gasteiger charge is 2.41. The van der Waals surface area contributed by atoms with Crippen LogP contribution in [0.15, 0.2) is 61.1 Å². The van der Waals surface area contributed by atoms with Gasteiger partial charge in [0.05, 0.1) is 34.7 Å². The zero-order valence-corrected chi connectivity index (χ0v) is 22.8. The summed E-state index contributed by atoms with van der Waals surface area (Å²) in [4.78, 5) is 37.0. The van der Waals surface area contributed by atoms with Crippen molar-refractivity contribution in [2.45, 2.75) is 44.4 Å². The molecule has 1 amide bonds. The van der Waals surface area contributed by atoms with E-state index in [0.717, 1.165) is 0 Å². The van der Waals surface area contributed by atoms with E-state index in [2.05, 4.69) is 20.3 Å². The van der Waals surface area contributed by atoms with Gasteiger partial charge in [0.1, 0.15) is 34.9 Å². The molecule has 10 nitrogen and oxygen atoms in total. The largest absolute Gasteiger partial charge is 0.457 e. The Hall–Kier alpha value is -3.99. The van der Waals surface area contributed by atoms with Gasteiger partial charge in [0.2, 0.25) is 5.91 Å². The molecule has 0 bridgehead atoms. The number of nitrogens with two attached hydrogens (primary N) is 1. The average molecular weight is 564 g/mol. The van der Waals surface area contributed by atoms with Crippen molar-refractivity contribution in [2.75, 3.05) is 11.9 Å². The monoisotopic (exact) mass is 563 g/mol. The molecule has 2 aromatic heterocycles. The van der Waals surface area contributed by atoms with Gasteiger partial charge < -0.3 is 30.6 Å². The van der Waals surface area contributed by atoms with E-state index in [1.807, 2.05) is 30.3 Å². The molecule has 208 valence electrons. The quantitative estimate of drug-likeness (QED) is 0.218. The predicted molar refractivity (Wildman–Crippen MR) is 151 cm³/mol. The van der Waals surface area contributed by atoms with E-state index in [4.69, 9.17) is 26.8 Å². The number of hydrogen-bond acceptors (Lipinski definition) is 8. The highest BCUT2D eigenvalue weighted by molar-refractivity contribution is 6.35. The van der Waals surface area contributed by atoms with Crippen molar-refractivity contribution in [1.82, 2.24) is 15.0 Å². The number of aromatic nitrogens is 3. The second kappa shape index (κ2) is 11.2. The fourth-order valence-electron chi connectivity index (χ4n) is 4.82. The molecule has 4 aromatic rings. The lowest BCUT2D eigenvalue weighted by Gasteiger charge is -2.38. The van der Waals surface area contributed by atoms with Crippen LogP contribution < -0.4 is 15.8 Å². The van der Waals surface area contributed by atoms with Crippen LogP contribution in [0.3, 0.4) is 0 Å². The van der Waals surface area contributed by atoms with E-state index >= 15 is 0 Å². The number of aromatic amines is 1. The summed E-state index contributed by atoms with van der Waals surface area (Å²) >= 11 is 6.52. The number of benzene rings is 2. The molecule has 1 aliphatic rings. The summed E-state index contributed by atoms with van der Waals surface area (Å²) in [7, 11) is 0. The number of carbonyl (C=O) groups is 2. The molecule has 0 spiro atoms. The number of amides is 1. The zero-order chi connectivity index (χ0) is 28.4. The van der Waals surface area contributed by atoms with Gasteiger partial charge in [-0.1, -0.05) is 36.7 Å². The lowest BCUT2D eigenvalue weighted by Crippen LogP contribution is -2.52. The number of fused-ring (bicyclic) bond motifs is 1. The number of nitrogens with zero attached hydrogens (tertiary/aromatic N) is 2. The summed E-state index contributed by atoms with van der Waals surface area (Å²) in [5.41, 5.74) is 4.88. The number of ketones is 1. The maximum atomic E-state index is 13.6. The minimum Gasteiger partial charge on any atom is -0.457 e. The number of carbonyl (C=O) groups excluding carboxylic acids is 2. The van der Waals surface area contributed by atoms with E-state index in [1.54, 1.807) is 31.3 Å². The van der Waals surface area contributed by atoms with Crippen molar-refractivity contribution in [2.24, 2.45) is 11.7 Å². The van der Waals surface area contributed by atoms with Crippen LogP contribution in [0.4, 0.5) is 5.82 Å². The third-order valence-corrected chi connectivity index (χ3v) is 7.79. The molecule has 1 unspecified atom stereocenters. The number of rotatable bonds is 9. The van der Waals surface area contributed by atoms with Gasteiger partial charge in [-0.05, 0) is 44.0 Å². The van der Waals surface area contributed by atoms with Crippen molar-refractivity contribution < 1.29 is 24.2 Å². The molecule has 0 aliphatic carbocycles. The summed E-state index contributed by atoms with van der Waals surface area (Å²) < 4.78 is 11.8. The summed E-state index contributed by atoms with van der Waals surface area (Å²) in [6, 6.07) is 14.1. The van der Waals surface area contributed by atoms with Crippen LogP contribution >= 0.6 is 11.6 Å². The molecule has 1 fully saturated rings. The van der Waals surface area contributed by atoms with Crippen LogP contribution in [0.5, 0.6) is 11.5 Å². The van der Waals surface area contributed by atoms with E-state index in [9.17, 15) is 14.7 Å². The number of H-pyrrole nitrogens is 1. The molecule has 1 saturated heterocycles. The van der Waals surface area contributed by atoms with Gasteiger partial charge in [0.15, 0.2) is 5.78 Å². The summed E-state index contributed by atoms with van der Waals surface area (Å²) in [5, 5.41) is 14.6. The van der Waals surface area contributed by atoms with Crippen LogP contribution in [0.25, 0.3) is 11.0 Å². The van der Waals surface area contributed by atoms with Crippen LogP contribution in [0, 0.1) is 5.92 Å². The molecule has 2 aromatic carbocycles. The Morgan fingerprint density at radius 3 is 2.62 bits per heavy atom. The number of hydrogen-bond donors (Lipinski definition) is 4. The fourth-order valence-corrected chi connectivity index (χ4v) is 5.08. The molecule has 5 N–H and O–H groups in total. The van der Waals surface area contributed by atoms with Crippen LogP contribution in [-0.4, -0.2) is 56.1 Å².